The summed E-state index contributed by atoms with van der Waals surface area (Å²) in [7, 11) is -1.50. The Bertz CT molecular complexity index is 371. The van der Waals surface area contributed by atoms with Gasteiger partial charge in [-0.05, 0) is 40.0 Å². The molecule has 0 aromatic carbocycles. The Hall–Kier alpha value is -0.130. The van der Waals surface area contributed by atoms with Crippen molar-refractivity contribution in [3.05, 3.63) is 0 Å². The molecule has 0 aromatic heterocycles. The summed E-state index contributed by atoms with van der Waals surface area (Å²) in [5.41, 5.74) is 0. The normalized spacial score (nSPS) is 39.2. The zero-order valence-electron chi connectivity index (χ0n) is 10.4. The molecule has 16 heavy (non-hydrogen) atoms. The molecule has 1 aliphatic carbocycles. The smallest absolute Gasteiger partial charge is 0.219 e. The Morgan fingerprint density at radius 2 is 1.88 bits per heavy atom. The number of nitrogens with zero attached hydrogens (tertiary/aromatic N) is 1. The molecule has 0 aromatic rings. The highest BCUT2D eigenvalue weighted by Crippen LogP contribution is 2.46. The molecule has 0 radical (unpaired) electrons. The van der Waals surface area contributed by atoms with Gasteiger partial charge in [0.25, 0.3) is 0 Å². The Kier molecular flexibility index (Phi) is 2.84. The first-order chi connectivity index (χ1) is 7.30. The van der Waals surface area contributed by atoms with Crippen molar-refractivity contribution in [3.8, 4) is 0 Å². The lowest BCUT2D eigenvalue weighted by Crippen LogP contribution is -2.36. The summed E-state index contributed by atoms with van der Waals surface area (Å²) in [6, 6.07) is 0.297. The Morgan fingerprint density at radius 3 is 2.38 bits per heavy atom. The summed E-state index contributed by atoms with van der Waals surface area (Å²) in [6.45, 7) is 5.28. The lowest BCUT2D eigenvalue weighted by atomic mass is 9.98. The fourth-order valence-corrected chi connectivity index (χ4v) is 4.36. The van der Waals surface area contributed by atoms with Gasteiger partial charge in [-0.1, -0.05) is 0 Å². The Labute approximate surface area is 98.0 Å². The van der Waals surface area contributed by atoms with Crippen LogP contribution >= 0.6 is 0 Å². The third-order valence-corrected chi connectivity index (χ3v) is 6.27. The number of ether oxygens (including phenoxy) is 1. The minimum atomic E-state index is -3.18. The van der Waals surface area contributed by atoms with Crippen LogP contribution in [0.4, 0.5) is 0 Å². The molecule has 2 fully saturated rings. The molecular weight excluding hydrogens is 226 g/mol. The zero-order chi connectivity index (χ0) is 12.1. The van der Waals surface area contributed by atoms with Crippen LogP contribution in [0.5, 0.6) is 0 Å². The molecule has 94 valence electrons. The molecule has 2 rings (SSSR count). The molecule has 1 saturated carbocycles. The maximum atomic E-state index is 12.3. The van der Waals surface area contributed by atoms with Gasteiger partial charge in [0.05, 0.1) is 16.9 Å². The van der Waals surface area contributed by atoms with Crippen molar-refractivity contribution in [1.82, 2.24) is 4.31 Å². The van der Waals surface area contributed by atoms with Crippen LogP contribution in [-0.4, -0.2) is 42.8 Å². The summed E-state index contributed by atoms with van der Waals surface area (Å²) in [5.74, 6) is 0. The van der Waals surface area contributed by atoms with Crippen molar-refractivity contribution >= 4 is 10.0 Å². The number of sulfonamides is 1. The maximum Gasteiger partial charge on any atom is 0.219 e. The zero-order valence-corrected chi connectivity index (χ0v) is 11.3. The van der Waals surface area contributed by atoms with Gasteiger partial charge in [0.2, 0.25) is 10.0 Å². The number of fused-ring (bicyclic) bond motifs is 1. The summed E-state index contributed by atoms with van der Waals surface area (Å²) in [5, 5.41) is 0. The molecular formula is C11H21NO3S. The van der Waals surface area contributed by atoms with Crippen LogP contribution in [0.3, 0.4) is 0 Å². The van der Waals surface area contributed by atoms with Gasteiger partial charge >= 0.3 is 0 Å². The van der Waals surface area contributed by atoms with E-state index >= 15 is 0 Å². The van der Waals surface area contributed by atoms with Gasteiger partial charge in [-0.2, -0.15) is 4.31 Å². The van der Waals surface area contributed by atoms with E-state index in [1.807, 2.05) is 0 Å². The van der Waals surface area contributed by atoms with E-state index in [0.717, 1.165) is 19.3 Å². The molecule has 2 aliphatic rings. The van der Waals surface area contributed by atoms with Gasteiger partial charge in [-0.15, -0.1) is 0 Å². The fraction of sp³-hybridized carbons (Fsp3) is 1.00. The van der Waals surface area contributed by atoms with E-state index in [1.54, 1.807) is 32.2 Å². The molecule has 4 atom stereocenters. The van der Waals surface area contributed by atoms with Crippen molar-refractivity contribution in [2.24, 2.45) is 0 Å². The van der Waals surface area contributed by atoms with E-state index < -0.39 is 14.8 Å². The number of hydrogen-bond donors (Lipinski definition) is 0. The molecule has 0 N–H and O–H groups in total. The second-order valence-corrected chi connectivity index (χ2v) is 8.31. The van der Waals surface area contributed by atoms with Gasteiger partial charge in [0, 0.05) is 13.2 Å². The van der Waals surface area contributed by atoms with E-state index in [2.05, 4.69) is 0 Å². The molecule has 2 unspecified atom stereocenters. The number of hydrogen-bond acceptors (Lipinski definition) is 3. The predicted molar refractivity (Wildman–Crippen MR) is 62.7 cm³/mol. The molecule has 1 heterocycles. The van der Waals surface area contributed by atoms with E-state index in [9.17, 15) is 8.42 Å². The van der Waals surface area contributed by atoms with Gasteiger partial charge in [-0.3, -0.25) is 0 Å². The minimum Gasteiger partial charge on any atom is -0.380 e. The van der Waals surface area contributed by atoms with E-state index in [0.29, 0.717) is 0 Å². The van der Waals surface area contributed by atoms with Crippen LogP contribution in [0.15, 0.2) is 0 Å². The van der Waals surface area contributed by atoms with Crippen molar-refractivity contribution in [2.45, 2.75) is 63.0 Å². The van der Waals surface area contributed by atoms with Crippen LogP contribution in [-0.2, 0) is 14.8 Å². The monoisotopic (exact) mass is 247 g/mol. The Morgan fingerprint density at radius 1 is 1.25 bits per heavy atom. The van der Waals surface area contributed by atoms with Gasteiger partial charge in [0.1, 0.15) is 0 Å². The minimum absolute atomic E-state index is 0.0934. The highest BCUT2D eigenvalue weighted by atomic mass is 32.2. The fourth-order valence-electron chi connectivity index (χ4n) is 2.60. The third-order valence-electron chi connectivity index (χ3n) is 3.65. The molecule has 1 saturated heterocycles. The lowest BCUT2D eigenvalue weighted by Gasteiger charge is -2.21. The van der Waals surface area contributed by atoms with Crippen molar-refractivity contribution in [1.29, 1.82) is 0 Å². The number of methoxy groups -OCH3 is 1. The van der Waals surface area contributed by atoms with E-state index in [-0.39, 0.29) is 18.2 Å². The van der Waals surface area contributed by atoms with Crippen LogP contribution in [0.25, 0.3) is 0 Å². The highest BCUT2D eigenvalue weighted by molar-refractivity contribution is 7.90. The van der Waals surface area contributed by atoms with E-state index in [1.165, 1.54) is 0 Å². The molecule has 0 amide bonds. The second-order valence-electron chi connectivity index (χ2n) is 5.71. The number of rotatable bonds is 2. The SMILES string of the molecule is CO[C@@H]1CCC[C@H]2C1N2S(=O)(=O)C(C)(C)C. The lowest BCUT2D eigenvalue weighted by molar-refractivity contribution is 0.0791. The quantitative estimate of drug-likeness (QED) is 0.692. The van der Waals surface area contributed by atoms with Crippen molar-refractivity contribution in [3.63, 3.8) is 0 Å². The summed E-state index contributed by atoms with van der Waals surface area (Å²) >= 11 is 0. The third kappa shape index (κ3) is 1.69. The Balaban J connectivity index is 2.21. The first-order valence-corrected chi connectivity index (χ1v) is 7.30. The molecule has 0 bridgehead atoms. The van der Waals surface area contributed by atoms with Crippen molar-refractivity contribution < 1.29 is 13.2 Å². The predicted octanol–water partition coefficient (Wildman–Crippen LogP) is 1.37. The first-order valence-electron chi connectivity index (χ1n) is 5.86. The van der Waals surface area contributed by atoms with Crippen LogP contribution in [0.2, 0.25) is 0 Å². The molecule has 1 aliphatic heterocycles. The average molecular weight is 247 g/mol. The van der Waals surface area contributed by atoms with Crippen LogP contribution in [0.1, 0.15) is 40.0 Å². The molecule has 0 spiro atoms. The topological polar surface area (TPSA) is 46.4 Å². The second kappa shape index (κ2) is 3.68. The average Bonchev–Trinajstić information content (AvgIpc) is 2.89. The molecule has 5 heteroatoms. The summed E-state index contributed by atoms with van der Waals surface area (Å²) in [4.78, 5) is 0. The van der Waals surface area contributed by atoms with Crippen LogP contribution in [0, 0.1) is 0 Å². The van der Waals surface area contributed by atoms with E-state index in [4.69, 9.17) is 4.74 Å². The largest absolute Gasteiger partial charge is 0.380 e. The summed E-state index contributed by atoms with van der Waals surface area (Å²) in [6.07, 6.45) is 3.12. The van der Waals surface area contributed by atoms with Gasteiger partial charge in [-0.25, -0.2) is 8.42 Å². The maximum absolute atomic E-state index is 12.3. The summed E-state index contributed by atoms with van der Waals surface area (Å²) < 4.78 is 31.0. The van der Waals surface area contributed by atoms with Crippen LogP contribution < -0.4 is 0 Å². The highest BCUT2D eigenvalue weighted by Gasteiger charge is 2.62. The van der Waals surface area contributed by atoms with Crippen molar-refractivity contribution in [2.75, 3.05) is 7.11 Å². The first kappa shape index (κ1) is 12.3. The van der Waals surface area contributed by atoms with Gasteiger partial charge < -0.3 is 4.74 Å². The standard InChI is InChI=1S/C11H21NO3S/c1-11(2,3)16(13,14)12-8-6-5-7-9(15-4)10(8)12/h8-10H,5-7H2,1-4H3/t8-,9+,10?,12?/m0/s1. The van der Waals surface area contributed by atoms with Gasteiger partial charge in [0.15, 0.2) is 0 Å². The molecule has 4 nitrogen and oxygen atoms in total.